The van der Waals surface area contributed by atoms with Gasteiger partial charge in [0.2, 0.25) is 0 Å². The molecular weight excluding hydrogens is 311 g/mol. The van der Waals surface area contributed by atoms with E-state index in [0.717, 1.165) is 0 Å². The maximum absolute atomic E-state index is 2.44. The highest BCUT2D eigenvalue weighted by Crippen LogP contribution is 2.38. The van der Waals surface area contributed by atoms with Gasteiger partial charge in [0.05, 0.1) is 4.21 Å². The first-order valence-corrected chi connectivity index (χ1v) is 7.07. The lowest BCUT2D eigenvalue weighted by Gasteiger charge is -1.93. The van der Waals surface area contributed by atoms with E-state index in [1.54, 1.807) is 0 Å². The van der Waals surface area contributed by atoms with Crippen LogP contribution in [0.1, 0.15) is 5.56 Å². The zero-order chi connectivity index (χ0) is 9.42. The third kappa shape index (κ3) is 1.74. The molecule has 1 aromatic heterocycles. The van der Waals surface area contributed by atoms with E-state index in [9.17, 15) is 0 Å². The molecule has 68 valence electrons. The highest BCUT2D eigenvalue weighted by Gasteiger charge is 2.07. The van der Waals surface area contributed by atoms with E-state index in [1.165, 1.54) is 23.4 Å². The summed E-state index contributed by atoms with van der Waals surface area (Å²) in [6, 6.07) is 6.67. The molecule has 0 atom stereocenters. The molecule has 0 saturated heterocycles. The van der Waals surface area contributed by atoms with Crippen LogP contribution in [0, 0.1) is 10.5 Å². The summed E-state index contributed by atoms with van der Waals surface area (Å²) in [6.45, 7) is 2.14. The molecule has 2 aromatic rings. The van der Waals surface area contributed by atoms with Gasteiger partial charge < -0.3 is 0 Å². The molecular formula is C10H9IS2. The van der Waals surface area contributed by atoms with E-state index in [4.69, 9.17) is 0 Å². The molecule has 13 heavy (non-hydrogen) atoms. The third-order valence-electron chi connectivity index (χ3n) is 1.94. The molecule has 2 rings (SSSR count). The van der Waals surface area contributed by atoms with E-state index in [-0.39, 0.29) is 0 Å². The minimum atomic E-state index is 1.34. The molecule has 0 aliphatic carbocycles. The van der Waals surface area contributed by atoms with E-state index in [1.807, 2.05) is 23.1 Å². The lowest BCUT2D eigenvalue weighted by atomic mass is 10.2. The molecule has 0 fully saturated rings. The largest absolute Gasteiger partial charge is 0.128 e. The van der Waals surface area contributed by atoms with Gasteiger partial charge in [0, 0.05) is 13.7 Å². The number of hydrogen-bond donors (Lipinski definition) is 0. The van der Waals surface area contributed by atoms with Crippen molar-refractivity contribution in [2.45, 2.75) is 11.1 Å². The zero-order valence-electron chi connectivity index (χ0n) is 7.43. The van der Waals surface area contributed by atoms with Crippen molar-refractivity contribution in [1.82, 2.24) is 0 Å². The average molecular weight is 320 g/mol. The SMILES string of the molecule is CSc1sc2ccc(C)cc2c1I. The van der Waals surface area contributed by atoms with Gasteiger partial charge in [-0.15, -0.1) is 23.1 Å². The number of thioether (sulfide) groups is 1. The van der Waals surface area contributed by atoms with Crippen LogP contribution in [0.15, 0.2) is 22.4 Å². The summed E-state index contributed by atoms with van der Waals surface area (Å²) >= 11 is 6.17. The van der Waals surface area contributed by atoms with Crippen molar-refractivity contribution in [1.29, 1.82) is 0 Å². The van der Waals surface area contributed by atoms with Crippen molar-refractivity contribution in [2.75, 3.05) is 6.26 Å². The first-order chi connectivity index (χ1) is 6.22. The number of hydrogen-bond acceptors (Lipinski definition) is 2. The van der Waals surface area contributed by atoms with Crippen molar-refractivity contribution in [3.63, 3.8) is 0 Å². The number of benzene rings is 1. The fourth-order valence-electron chi connectivity index (χ4n) is 1.29. The second kappa shape index (κ2) is 3.79. The van der Waals surface area contributed by atoms with Crippen LogP contribution >= 0.6 is 45.7 Å². The summed E-state index contributed by atoms with van der Waals surface area (Å²) in [4.78, 5) is 0. The standard InChI is InChI=1S/C10H9IS2/c1-6-3-4-8-7(5-6)9(11)10(12-2)13-8/h3-5H,1-2H3. The summed E-state index contributed by atoms with van der Waals surface area (Å²) in [7, 11) is 0. The van der Waals surface area contributed by atoms with Crippen molar-refractivity contribution < 1.29 is 0 Å². The van der Waals surface area contributed by atoms with Gasteiger partial charge in [0.1, 0.15) is 0 Å². The lowest BCUT2D eigenvalue weighted by molar-refractivity contribution is 1.51. The third-order valence-corrected chi connectivity index (χ3v) is 6.08. The maximum Gasteiger partial charge on any atom is 0.0742 e. The predicted octanol–water partition coefficient (Wildman–Crippen LogP) is 4.54. The molecule has 0 bridgehead atoms. The fourth-order valence-corrected chi connectivity index (χ4v) is 4.61. The maximum atomic E-state index is 2.44. The van der Waals surface area contributed by atoms with E-state index >= 15 is 0 Å². The second-order valence-electron chi connectivity index (χ2n) is 2.91. The Morgan fingerprint density at radius 2 is 2.15 bits per heavy atom. The minimum absolute atomic E-state index is 1.34. The molecule has 1 heterocycles. The van der Waals surface area contributed by atoms with Crippen LogP contribution in [-0.2, 0) is 0 Å². The number of thiophene rings is 1. The summed E-state index contributed by atoms with van der Waals surface area (Å²) < 4.78 is 4.24. The Morgan fingerprint density at radius 3 is 2.85 bits per heavy atom. The summed E-state index contributed by atoms with van der Waals surface area (Å²) in [5.74, 6) is 0. The quantitative estimate of drug-likeness (QED) is 0.549. The van der Waals surface area contributed by atoms with Crippen LogP contribution in [0.3, 0.4) is 0 Å². The Hall–Kier alpha value is 0.260. The minimum Gasteiger partial charge on any atom is -0.128 e. The van der Waals surface area contributed by atoms with E-state index < -0.39 is 0 Å². The summed E-state index contributed by atoms with van der Waals surface area (Å²) in [6.07, 6.45) is 2.14. The van der Waals surface area contributed by atoms with Crippen LogP contribution < -0.4 is 0 Å². The Balaban J connectivity index is 2.77. The van der Waals surface area contributed by atoms with E-state index in [2.05, 4.69) is 54.0 Å². The van der Waals surface area contributed by atoms with Crippen LogP contribution in [0.5, 0.6) is 0 Å². The van der Waals surface area contributed by atoms with Gasteiger partial charge in [-0.1, -0.05) is 11.6 Å². The molecule has 1 aromatic carbocycles. The molecule has 0 radical (unpaired) electrons. The average Bonchev–Trinajstić information content (AvgIpc) is 2.44. The molecule has 0 spiro atoms. The van der Waals surface area contributed by atoms with Gasteiger partial charge in [-0.05, 0) is 47.9 Å². The number of rotatable bonds is 1. The lowest BCUT2D eigenvalue weighted by Crippen LogP contribution is -1.72. The first-order valence-electron chi connectivity index (χ1n) is 3.95. The molecule has 0 N–H and O–H groups in total. The van der Waals surface area contributed by atoms with Crippen molar-refractivity contribution in [3.8, 4) is 0 Å². The molecule has 0 aliphatic rings. The van der Waals surface area contributed by atoms with Crippen LogP contribution in [-0.4, -0.2) is 6.26 Å². The van der Waals surface area contributed by atoms with Crippen molar-refractivity contribution in [2.24, 2.45) is 0 Å². The van der Waals surface area contributed by atoms with E-state index in [0.29, 0.717) is 0 Å². The number of fused-ring (bicyclic) bond motifs is 1. The predicted molar refractivity (Wildman–Crippen MR) is 71.1 cm³/mol. The second-order valence-corrected chi connectivity index (χ2v) is 6.11. The van der Waals surface area contributed by atoms with Gasteiger partial charge in [-0.2, -0.15) is 0 Å². The monoisotopic (exact) mass is 320 g/mol. The molecule has 0 saturated carbocycles. The molecule has 0 amide bonds. The molecule has 0 nitrogen and oxygen atoms in total. The fraction of sp³-hybridized carbons (Fsp3) is 0.200. The highest BCUT2D eigenvalue weighted by atomic mass is 127. The van der Waals surface area contributed by atoms with Crippen LogP contribution in [0.25, 0.3) is 10.1 Å². The topological polar surface area (TPSA) is 0 Å². The summed E-state index contributed by atoms with van der Waals surface area (Å²) in [5, 5.41) is 1.41. The zero-order valence-corrected chi connectivity index (χ0v) is 11.2. The van der Waals surface area contributed by atoms with Gasteiger partial charge >= 0.3 is 0 Å². The van der Waals surface area contributed by atoms with Crippen molar-refractivity contribution in [3.05, 3.63) is 27.3 Å². The number of aryl methyl sites for hydroxylation is 1. The van der Waals surface area contributed by atoms with Crippen LogP contribution in [0.4, 0.5) is 0 Å². The number of halogens is 1. The van der Waals surface area contributed by atoms with Gasteiger partial charge in [0.25, 0.3) is 0 Å². The van der Waals surface area contributed by atoms with Crippen LogP contribution in [0.2, 0.25) is 0 Å². The Labute approximate surface area is 99.9 Å². The Morgan fingerprint density at radius 1 is 1.38 bits per heavy atom. The summed E-state index contributed by atoms with van der Waals surface area (Å²) in [5.41, 5.74) is 1.34. The smallest absolute Gasteiger partial charge is 0.0742 e. The Kier molecular flexibility index (Phi) is 2.86. The molecule has 3 heteroatoms. The molecule has 0 unspecified atom stereocenters. The molecule has 0 aliphatic heterocycles. The Bertz CT molecular complexity index is 445. The van der Waals surface area contributed by atoms with Gasteiger partial charge in [-0.3, -0.25) is 0 Å². The highest BCUT2D eigenvalue weighted by molar-refractivity contribution is 14.1. The van der Waals surface area contributed by atoms with Crippen molar-refractivity contribution >= 4 is 55.8 Å². The first kappa shape index (κ1) is 9.80. The van der Waals surface area contributed by atoms with Gasteiger partial charge in [0.15, 0.2) is 0 Å². The van der Waals surface area contributed by atoms with Gasteiger partial charge in [-0.25, -0.2) is 0 Å². The normalized spacial score (nSPS) is 11.0.